The Bertz CT molecular complexity index is 1170. The van der Waals surface area contributed by atoms with Crippen LogP contribution in [0.2, 0.25) is 0 Å². The molecule has 0 saturated heterocycles. The molecule has 0 radical (unpaired) electrons. The van der Waals surface area contributed by atoms with Crippen LogP contribution in [0.3, 0.4) is 0 Å². The van der Waals surface area contributed by atoms with Gasteiger partial charge >= 0.3 is 0 Å². The molecule has 0 atom stereocenters. The SMILES string of the molecule is C/C(=N/NC(=S)SCc1ccccc1)c1cc(/C(C)=N/NC(=S)SCc2ccccc2)c(O)cc1O. The normalized spacial score (nSPS) is 11.7. The number of hydrogen-bond donors (Lipinski definition) is 4. The van der Waals surface area contributed by atoms with E-state index in [4.69, 9.17) is 24.4 Å². The van der Waals surface area contributed by atoms with Crippen LogP contribution in [-0.4, -0.2) is 30.3 Å². The van der Waals surface area contributed by atoms with Crippen molar-refractivity contribution in [2.45, 2.75) is 25.4 Å². The molecule has 10 heteroatoms. The lowest BCUT2D eigenvalue weighted by molar-refractivity contribution is 0.449. The zero-order valence-corrected chi connectivity index (χ0v) is 23.0. The van der Waals surface area contributed by atoms with Crippen LogP contribution < -0.4 is 10.9 Å². The largest absolute Gasteiger partial charge is 0.507 e. The standard InChI is InChI=1S/C26H26N4O2S4/c1-17(27-29-25(33)35-15-19-9-5-3-6-10-19)21-13-22(24(32)14-23(21)31)18(2)28-30-26(34)36-16-20-11-7-4-8-12-20/h3-14,31-32H,15-16H2,1-2H3,(H,29,33)(H,30,34)/b27-17-,28-18+. The van der Waals surface area contributed by atoms with Crippen LogP contribution in [0.1, 0.15) is 36.1 Å². The van der Waals surface area contributed by atoms with Crippen molar-refractivity contribution in [1.82, 2.24) is 10.9 Å². The molecular weight excluding hydrogens is 529 g/mol. The van der Waals surface area contributed by atoms with Crippen LogP contribution in [0, 0.1) is 0 Å². The van der Waals surface area contributed by atoms with Crippen LogP contribution in [0.5, 0.6) is 11.5 Å². The minimum atomic E-state index is -0.100. The maximum absolute atomic E-state index is 10.4. The van der Waals surface area contributed by atoms with E-state index in [-0.39, 0.29) is 11.5 Å². The van der Waals surface area contributed by atoms with Gasteiger partial charge in [-0.25, -0.2) is 0 Å². The van der Waals surface area contributed by atoms with Gasteiger partial charge in [0, 0.05) is 28.7 Å². The third kappa shape index (κ3) is 8.63. The van der Waals surface area contributed by atoms with E-state index in [1.807, 2.05) is 60.7 Å². The molecule has 3 aromatic carbocycles. The van der Waals surface area contributed by atoms with Crippen molar-refractivity contribution in [3.05, 3.63) is 95.1 Å². The Morgan fingerprint density at radius 3 is 1.47 bits per heavy atom. The minimum Gasteiger partial charge on any atom is -0.507 e. The summed E-state index contributed by atoms with van der Waals surface area (Å²) < 4.78 is 1.03. The average molecular weight is 555 g/mol. The number of rotatable bonds is 8. The van der Waals surface area contributed by atoms with Crippen LogP contribution in [0.4, 0.5) is 0 Å². The van der Waals surface area contributed by atoms with Crippen molar-refractivity contribution < 1.29 is 10.2 Å². The highest BCUT2D eigenvalue weighted by molar-refractivity contribution is 8.22. The number of hydrazone groups is 2. The van der Waals surface area contributed by atoms with Crippen molar-refractivity contribution >= 4 is 68.0 Å². The highest BCUT2D eigenvalue weighted by atomic mass is 32.2. The number of phenols is 2. The third-order valence-corrected chi connectivity index (χ3v) is 7.50. The Labute approximate surface area is 230 Å². The lowest BCUT2D eigenvalue weighted by Gasteiger charge is -2.11. The summed E-state index contributed by atoms with van der Waals surface area (Å²) in [6.45, 7) is 3.49. The van der Waals surface area contributed by atoms with Gasteiger partial charge in [-0.3, -0.25) is 10.9 Å². The van der Waals surface area contributed by atoms with E-state index in [0.717, 1.165) is 22.6 Å². The Hall–Kier alpha value is -2.92. The number of thioether (sulfide) groups is 2. The van der Waals surface area contributed by atoms with Crippen LogP contribution in [-0.2, 0) is 11.5 Å². The van der Waals surface area contributed by atoms with Crippen molar-refractivity contribution in [3.8, 4) is 11.5 Å². The van der Waals surface area contributed by atoms with E-state index in [2.05, 4.69) is 21.1 Å². The molecule has 0 amide bonds. The minimum absolute atomic E-state index is 0.100. The van der Waals surface area contributed by atoms with Crippen molar-refractivity contribution in [3.63, 3.8) is 0 Å². The molecule has 0 aromatic heterocycles. The number of phenolic OH excluding ortho intramolecular Hbond substituents is 2. The summed E-state index contributed by atoms with van der Waals surface area (Å²) in [5.74, 6) is 1.25. The molecule has 0 aliphatic heterocycles. The van der Waals surface area contributed by atoms with Crippen molar-refractivity contribution in [1.29, 1.82) is 0 Å². The molecule has 36 heavy (non-hydrogen) atoms. The van der Waals surface area contributed by atoms with Gasteiger partial charge in [-0.05, 0) is 31.0 Å². The molecule has 186 valence electrons. The Kier molecular flexibility index (Phi) is 10.7. The van der Waals surface area contributed by atoms with Crippen LogP contribution >= 0.6 is 48.0 Å². The first-order valence-corrected chi connectivity index (χ1v) is 13.7. The number of benzene rings is 3. The van der Waals surface area contributed by atoms with E-state index in [0.29, 0.717) is 31.2 Å². The van der Waals surface area contributed by atoms with Gasteiger partial charge in [0.1, 0.15) is 11.5 Å². The van der Waals surface area contributed by atoms with E-state index >= 15 is 0 Å². The number of thiocarbonyl (C=S) groups is 2. The van der Waals surface area contributed by atoms with E-state index in [9.17, 15) is 10.2 Å². The van der Waals surface area contributed by atoms with Gasteiger partial charge in [-0.2, -0.15) is 10.2 Å². The van der Waals surface area contributed by atoms with Gasteiger partial charge < -0.3 is 10.2 Å². The first-order chi connectivity index (χ1) is 17.3. The molecule has 6 nitrogen and oxygen atoms in total. The second-order valence-electron chi connectivity index (χ2n) is 7.63. The molecule has 0 fully saturated rings. The lowest BCUT2D eigenvalue weighted by Crippen LogP contribution is -2.15. The van der Waals surface area contributed by atoms with E-state index in [1.54, 1.807) is 19.9 Å². The molecule has 4 N–H and O–H groups in total. The molecule has 0 heterocycles. The smallest absolute Gasteiger partial charge is 0.154 e. The quantitative estimate of drug-likeness (QED) is 0.150. The predicted octanol–water partition coefficient (Wildman–Crippen LogP) is 6.16. The predicted molar refractivity (Wildman–Crippen MR) is 161 cm³/mol. The molecule has 0 saturated carbocycles. The molecule has 3 rings (SSSR count). The third-order valence-electron chi connectivity index (χ3n) is 4.95. The zero-order valence-electron chi connectivity index (χ0n) is 19.8. The number of nitrogens with zero attached hydrogens (tertiary/aromatic N) is 2. The Morgan fingerprint density at radius 2 is 1.08 bits per heavy atom. The second kappa shape index (κ2) is 14.0. The average Bonchev–Trinajstić information content (AvgIpc) is 2.89. The summed E-state index contributed by atoms with van der Waals surface area (Å²) in [5.41, 5.74) is 9.94. The van der Waals surface area contributed by atoms with Gasteiger partial charge in [0.15, 0.2) is 8.64 Å². The fourth-order valence-corrected chi connectivity index (χ4v) is 4.69. The zero-order chi connectivity index (χ0) is 25.9. The van der Waals surface area contributed by atoms with Gasteiger partial charge in [0.05, 0.1) is 11.4 Å². The van der Waals surface area contributed by atoms with Gasteiger partial charge in [0.25, 0.3) is 0 Å². The number of hydrogen-bond acceptors (Lipinski definition) is 8. The summed E-state index contributed by atoms with van der Waals surface area (Å²) in [5, 5.41) is 29.4. The molecule has 0 aliphatic rings. The molecule has 0 aliphatic carbocycles. The Morgan fingerprint density at radius 1 is 0.694 bits per heavy atom. The maximum Gasteiger partial charge on any atom is 0.154 e. The fourth-order valence-electron chi connectivity index (χ4n) is 3.05. The topological polar surface area (TPSA) is 89.2 Å². The molecular formula is C26H26N4O2S4. The lowest BCUT2D eigenvalue weighted by atomic mass is 10.0. The summed E-state index contributed by atoms with van der Waals surface area (Å²) >= 11 is 13.6. The van der Waals surface area contributed by atoms with E-state index < -0.39 is 0 Å². The summed E-state index contributed by atoms with van der Waals surface area (Å²) in [6.07, 6.45) is 0. The summed E-state index contributed by atoms with van der Waals surface area (Å²) in [6, 6.07) is 22.9. The van der Waals surface area contributed by atoms with E-state index in [1.165, 1.54) is 29.6 Å². The molecule has 0 spiro atoms. The van der Waals surface area contributed by atoms with Gasteiger partial charge in [-0.1, -0.05) is 109 Å². The highest BCUT2D eigenvalue weighted by Crippen LogP contribution is 2.28. The fraction of sp³-hybridized carbons (Fsp3) is 0.154. The van der Waals surface area contributed by atoms with Crippen molar-refractivity contribution in [2.75, 3.05) is 0 Å². The number of nitrogens with one attached hydrogen (secondary N) is 2. The highest BCUT2D eigenvalue weighted by Gasteiger charge is 2.14. The van der Waals surface area contributed by atoms with Gasteiger partial charge in [0.2, 0.25) is 0 Å². The Balaban J connectivity index is 1.62. The molecule has 3 aromatic rings. The number of aromatic hydroxyl groups is 2. The molecule has 0 bridgehead atoms. The summed E-state index contributed by atoms with van der Waals surface area (Å²) in [4.78, 5) is 0. The van der Waals surface area contributed by atoms with Crippen molar-refractivity contribution in [2.24, 2.45) is 10.2 Å². The molecule has 0 unspecified atom stereocenters. The van der Waals surface area contributed by atoms with Crippen LogP contribution in [0.15, 0.2) is 83.0 Å². The maximum atomic E-state index is 10.4. The monoisotopic (exact) mass is 554 g/mol. The van der Waals surface area contributed by atoms with Crippen LogP contribution in [0.25, 0.3) is 0 Å². The first kappa shape index (κ1) is 27.7. The first-order valence-electron chi connectivity index (χ1n) is 10.9. The van der Waals surface area contributed by atoms with Gasteiger partial charge in [-0.15, -0.1) is 0 Å². The second-order valence-corrected chi connectivity index (χ2v) is 10.9. The summed E-state index contributed by atoms with van der Waals surface area (Å²) in [7, 11) is 0.